The van der Waals surface area contributed by atoms with Crippen LogP contribution in [0.25, 0.3) is 16.3 Å². The molecule has 0 aliphatic heterocycles. The second-order valence-corrected chi connectivity index (χ2v) is 8.29. The van der Waals surface area contributed by atoms with Gasteiger partial charge in [0.05, 0.1) is 21.8 Å². The van der Waals surface area contributed by atoms with Crippen molar-refractivity contribution in [3.05, 3.63) is 63.2 Å². The molecule has 10 heteroatoms. The number of thiazole rings is 1. The maximum Gasteiger partial charge on any atom is 0.270 e. The molecular weight excluding hydrogens is 440 g/mol. The number of aromatic nitrogens is 1. The summed E-state index contributed by atoms with van der Waals surface area (Å²) in [7, 11) is 5.39. The molecule has 0 aliphatic carbocycles. The lowest BCUT2D eigenvalue weighted by Crippen LogP contribution is -2.35. The highest BCUT2D eigenvalue weighted by molar-refractivity contribution is 7.23. The van der Waals surface area contributed by atoms with Crippen molar-refractivity contribution < 1.29 is 14.5 Å². The van der Waals surface area contributed by atoms with Crippen molar-refractivity contribution in [3.8, 4) is 5.75 Å². The highest BCUT2D eigenvalue weighted by atomic mass is 35.5. The molecule has 1 heterocycles. The number of halogens is 1. The van der Waals surface area contributed by atoms with Crippen LogP contribution in [0.3, 0.4) is 0 Å². The third-order valence-electron chi connectivity index (χ3n) is 4.43. The van der Waals surface area contributed by atoms with Gasteiger partial charge in [-0.3, -0.25) is 19.8 Å². The van der Waals surface area contributed by atoms with Crippen LogP contribution in [-0.2, 0) is 4.79 Å². The van der Waals surface area contributed by atoms with Gasteiger partial charge in [0.15, 0.2) is 5.13 Å². The summed E-state index contributed by atoms with van der Waals surface area (Å²) >= 11 is 7.64. The van der Waals surface area contributed by atoms with Gasteiger partial charge in [-0.25, -0.2) is 4.98 Å². The zero-order chi connectivity index (χ0) is 22.5. The van der Waals surface area contributed by atoms with Gasteiger partial charge in [0.25, 0.3) is 11.6 Å². The molecule has 162 valence electrons. The van der Waals surface area contributed by atoms with Crippen molar-refractivity contribution in [1.82, 2.24) is 9.88 Å². The third kappa shape index (κ3) is 5.38. The zero-order valence-corrected chi connectivity index (χ0v) is 18.8. The Hall–Kier alpha value is -3.01. The fraction of sp³-hybridized carbons (Fsp3) is 0.238. The summed E-state index contributed by atoms with van der Waals surface area (Å²) in [5.41, 5.74) is 1.12. The molecule has 0 unspecified atom stereocenters. The molecule has 1 aromatic heterocycles. The van der Waals surface area contributed by atoms with Crippen LogP contribution >= 0.6 is 22.9 Å². The molecule has 0 aliphatic rings. The molecule has 0 spiro atoms. The Labute approximate surface area is 188 Å². The van der Waals surface area contributed by atoms with E-state index < -0.39 is 4.92 Å². The number of benzene rings is 2. The minimum Gasteiger partial charge on any atom is -0.494 e. The van der Waals surface area contributed by atoms with Crippen molar-refractivity contribution in [1.29, 1.82) is 0 Å². The largest absolute Gasteiger partial charge is 0.494 e. The number of rotatable bonds is 8. The number of carbonyl (C=O) groups is 1. The highest BCUT2D eigenvalue weighted by Crippen LogP contribution is 2.38. The molecule has 0 atom stereocenters. The molecule has 0 radical (unpaired) electrons. The lowest BCUT2D eigenvalue weighted by atomic mass is 10.2. The number of anilines is 1. The predicted molar refractivity (Wildman–Crippen MR) is 124 cm³/mol. The van der Waals surface area contributed by atoms with Gasteiger partial charge in [-0.15, -0.1) is 0 Å². The average Bonchev–Trinajstić information content (AvgIpc) is 3.18. The van der Waals surface area contributed by atoms with Crippen LogP contribution < -0.4 is 9.64 Å². The van der Waals surface area contributed by atoms with E-state index in [1.165, 1.54) is 29.5 Å². The summed E-state index contributed by atoms with van der Waals surface area (Å²) in [6.45, 7) is 1.03. The number of carbonyl (C=O) groups excluding carboxylic acids is 1. The third-order valence-corrected chi connectivity index (χ3v) is 5.97. The van der Waals surface area contributed by atoms with Crippen LogP contribution in [-0.4, -0.2) is 55.0 Å². The maximum atomic E-state index is 13.1. The molecule has 2 aromatic carbocycles. The normalized spacial score (nSPS) is 11.4. The van der Waals surface area contributed by atoms with E-state index in [0.29, 0.717) is 40.1 Å². The van der Waals surface area contributed by atoms with Gasteiger partial charge in [-0.1, -0.05) is 35.1 Å². The van der Waals surface area contributed by atoms with E-state index >= 15 is 0 Å². The Kier molecular flexibility index (Phi) is 7.21. The Balaban J connectivity index is 1.94. The van der Waals surface area contributed by atoms with Crippen molar-refractivity contribution in [3.63, 3.8) is 0 Å². The average molecular weight is 461 g/mol. The Morgan fingerprint density at radius 2 is 2.06 bits per heavy atom. The van der Waals surface area contributed by atoms with Crippen LogP contribution in [0.5, 0.6) is 5.75 Å². The van der Waals surface area contributed by atoms with Gasteiger partial charge in [-0.05, 0) is 37.9 Å². The first-order valence-corrected chi connectivity index (χ1v) is 10.5. The molecule has 31 heavy (non-hydrogen) atoms. The van der Waals surface area contributed by atoms with Crippen molar-refractivity contribution in [2.24, 2.45) is 0 Å². The minimum atomic E-state index is -0.471. The van der Waals surface area contributed by atoms with Crippen LogP contribution in [0.15, 0.2) is 42.5 Å². The van der Waals surface area contributed by atoms with E-state index in [4.69, 9.17) is 16.3 Å². The first kappa shape index (κ1) is 22.7. The first-order chi connectivity index (χ1) is 14.8. The molecule has 0 N–H and O–H groups in total. The Morgan fingerprint density at radius 3 is 2.74 bits per heavy atom. The number of non-ortho nitro benzene ring substituents is 1. The number of nitrogens with zero attached hydrogens (tertiary/aromatic N) is 4. The van der Waals surface area contributed by atoms with E-state index in [1.54, 1.807) is 42.4 Å². The molecule has 0 saturated heterocycles. The predicted octanol–water partition coefficient (Wildman–Crippen LogP) is 4.47. The number of nitro groups is 1. The van der Waals surface area contributed by atoms with Gasteiger partial charge in [0.1, 0.15) is 11.3 Å². The van der Waals surface area contributed by atoms with Crippen molar-refractivity contribution in [2.45, 2.75) is 0 Å². The standard InChI is InChI=1S/C21H21ClN4O4S/c1-24(2)11-12-25(18(27)10-7-14-5-4-6-15(13-14)26(28)29)21-23-19-17(30-3)9-8-16(22)20(19)31-21/h4-10,13H,11-12H2,1-3H3/b10-7+. The summed E-state index contributed by atoms with van der Waals surface area (Å²) in [5, 5.41) is 12.0. The monoisotopic (exact) mass is 460 g/mol. The SMILES string of the molecule is COc1ccc(Cl)c2sc(N(CCN(C)C)C(=O)/C=C/c3cccc([N+](=O)[O-])c3)nc12. The number of hydrogen-bond acceptors (Lipinski definition) is 7. The van der Waals surface area contributed by atoms with Gasteiger partial charge in [0, 0.05) is 31.3 Å². The fourth-order valence-corrected chi connectivity index (χ4v) is 4.11. The molecule has 0 bridgehead atoms. The number of hydrogen-bond donors (Lipinski definition) is 0. The van der Waals surface area contributed by atoms with E-state index in [9.17, 15) is 14.9 Å². The number of methoxy groups -OCH3 is 1. The molecule has 3 rings (SSSR count). The van der Waals surface area contributed by atoms with E-state index in [-0.39, 0.29) is 11.6 Å². The molecule has 1 amide bonds. The van der Waals surface area contributed by atoms with Crippen LogP contribution in [0.4, 0.5) is 10.8 Å². The molecule has 0 fully saturated rings. The number of nitro benzene ring substituents is 1. The highest BCUT2D eigenvalue weighted by Gasteiger charge is 2.21. The number of ether oxygens (including phenoxy) is 1. The number of amides is 1. The lowest BCUT2D eigenvalue weighted by molar-refractivity contribution is -0.384. The summed E-state index contributed by atoms with van der Waals surface area (Å²) in [5.74, 6) is 0.288. The second-order valence-electron chi connectivity index (χ2n) is 6.90. The quantitative estimate of drug-likeness (QED) is 0.280. The van der Waals surface area contributed by atoms with E-state index in [1.807, 2.05) is 19.0 Å². The molecule has 0 saturated carbocycles. The zero-order valence-electron chi connectivity index (χ0n) is 17.2. The molecular formula is C21H21ClN4O4S. The summed E-state index contributed by atoms with van der Waals surface area (Å²) in [6, 6.07) is 9.56. The van der Waals surface area contributed by atoms with Gasteiger partial charge in [0.2, 0.25) is 0 Å². The Bertz CT molecular complexity index is 1150. The van der Waals surface area contributed by atoms with Crippen LogP contribution in [0.2, 0.25) is 5.02 Å². The second kappa shape index (κ2) is 9.86. The number of fused-ring (bicyclic) bond motifs is 1. The van der Waals surface area contributed by atoms with Gasteiger partial charge >= 0.3 is 0 Å². The van der Waals surface area contributed by atoms with Crippen molar-refractivity contribution in [2.75, 3.05) is 39.2 Å². The molecule has 8 nitrogen and oxygen atoms in total. The fourth-order valence-electron chi connectivity index (χ4n) is 2.82. The first-order valence-electron chi connectivity index (χ1n) is 9.32. The Morgan fingerprint density at radius 1 is 1.29 bits per heavy atom. The molecule has 3 aromatic rings. The smallest absolute Gasteiger partial charge is 0.270 e. The summed E-state index contributed by atoms with van der Waals surface area (Å²) in [4.78, 5) is 31.7. The van der Waals surface area contributed by atoms with Gasteiger partial charge < -0.3 is 9.64 Å². The van der Waals surface area contributed by atoms with Gasteiger partial charge in [-0.2, -0.15) is 0 Å². The van der Waals surface area contributed by atoms with Crippen LogP contribution in [0, 0.1) is 10.1 Å². The van der Waals surface area contributed by atoms with Crippen LogP contribution in [0.1, 0.15) is 5.56 Å². The van der Waals surface area contributed by atoms with E-state index in [2.05, 4.69) is 4.98 Å². The topological polar surface area (TPSA) is 88.8 Å². The van der Waals surface area contributed by atoms with Crippen molar-refractivity contribution >= 4 is 56.0 Å². The summed E-state index contributed by atoms with van der Waals surface area (Å²) < 4.78 is 6.11. The lowest BCUT2D eigenvalue weighted by Gasteiger charge is -2.20. The number of likely N-dealkylation sites (N-methyl/N-ethyl adjacent to an activating group) is 1. The maximum absolute atomic E-state index is 13.1. The summed E-state index contributed by atoms with van der Waals surface area (Å²) in [6.07, 6.45) is 2.94. The van der Waals surface area contributed by atoms with E-state index in [0.717, 1.165) is 4.70 Å². The minimum absolute atomic E-state index is 0.0352.